The monoisotopic (exact) mass is 302 g/mol. The van der Waals surface area contributed by atoms with Gasteiger partial charge in [0.25, 0.3) is 0 Å². The van der Waals surface area contributed by atoms with Gasteiger partial charge >= 0.3 is 0 Å². The van der Waals surface area contributed by atoms with Crippen molar-refractivity contribution in [3.63, 3.8) is 0 Å². The molecule has 0 N–H and O–H groups in total. The Hall–Kier alpha value is -1.08. The highest BCUT2D eigenvalue weighted by atomic mass is 79.9. The minimum Gasteiger partial charge on any atom is -0.0835 e. The molecule has 2 rings (SSSR count). The molecule has 1 unspecified atom stereocenters. The molecule has 2 aromatic carbocycles. The van der Waals surface area contributed by atoms with Crippen LogP contribution in [0.4, 0.5) is 0 Å². The molecule has 0 spiro atoms. The Kier molecular flexibility index (Phi) is 4.23. The fourth-order valence-corrected chi connectivity index (χ4v) is 3.10. The van der Waals surface area contributed by atoms with E-state index in [1.165, 1.54) is 27.8 Å². The number of halogens is 1. The van der Waals surface area contributed by atoms with Crippen molar-refractivity contribution in [2.24, 2.45) is 0 Å². The quantitative estimate of drug-likeness (QED) is 0.676. The SMILES string of the molecule is Cc1ccccc1CC(Br)c1cccc(C)c1C. The first-order valence-corrected chi connectivity index (χ1v) is 7.26. The summed E-state index contributed by atoms with van der Waals surface area (Å²) in [6.07, 6.45) is 1.04. The van der Waals surface area contributed by atoms with Crippen molar-refractivity contribution in [3.8, 4) is 0 Å². The number of rotatable bonds is 3. The lowest BCUT2D eigenvalue weighted by Crippen LogP contribution is -2.00. The maximum Gasteiger partial charge on any atom is 0.0438 e. The second-order valence-corrected chi connectivity index (χ2v) is 5.99. The number of hydrogen-bond acceptors (Lipinski definition) is 0. The first-order chi connectivity index (χ1) is 8.59. The molecule has 0 bridgehead atoms. The summed E-state index contributed by atoms with van der Waals surface area (Å²) < 4.78 is 0. The van der Waals surface area contributed by atoms with E-state index in [0.29, 0.717) is 4.83 Å². The van der Waals surface area contributed by atoms with Gasteiger partial charge in [-0.15, -0.1) is 0 Å². The minimum absolute atomic E-state index is 0.387. The van der Waals surface area contributed by atoms with Gasteiger partial charge in [0.05, 0.1) is 0 Å². The van der Waals surface area contributed by atoms with Crippen LogP contribution in [0.5, 0.6) is 0 Å². The summed E-state index contributed by atoms with van der Waals surface area (Å²) in [6, 6.07) is 15.1. The first kappa shape index (κ1) is 13.4. The van der Waals surface area contributed by atoms with Crippen molar-refractivity contribution < 1.29 is 0 Å². The molecule has 0 aromatic heterocycles. The van der Waals surface area contributed by atoms with E-state index >= 15 is 0 Å². The fourth-order valence-electron chi connectivity index (χ4n) is 2.26. The Bertz CT molecular complexity index is 543. The molecule has 1 heteroatoms. The molecule has 1 atom stereocenters. The van der Waals surface area contributed by atoms with Crippen molar-refractivity contribution in [2.75, 3.05) is 0 Å². The zero-order valence-corrected chi connectivity index (χ0v) is 12.8. The second-order valence-electron chi connectivity index (χ2n) is 4.89. The zero-order chi connectivity index (χ0) is 13.1. The third-order valence-corrected chi connectivity index (χ3v) is 4.46. The van der Waals surface area contributed by atoms with E-state index in [9.17, 15) is 0 Å². The molecule has 0 aliphatic rings. The molecule has 0 fully saturated rings. The van der Waals surface area contributed by atoms with E-state index in [0.717, 1.165) is 6.42 Å². The molecule has 0 heterocycles. The lowest BCUT2D eigenvalue weighted by atomic mass is 9.96. The van der Waals surface area contributed by atoms with Crippen LogP contribution in [0.2, 0.25) is 0 Å². The predicted octanol–water partition coefficient (Wildman–Crippen LogP) is 5.29. The Morgan fingerprint density at radius 1 is 0.889 bits per heavy atom. The van der Waals surface area contributed by atoms with Gasteiger partial charge in [-0.1, -0.05) is 58.4 Å². The van der Waals surface area contributed by atoms with Crippen molar-refractivity contribution in [1.82, 2.24) is 0 Å². The minimum atomic E-state index is 0.387. The van der Waals surface area contributed by atoms with Gasteiger partial charge in [-0.2, -0.15) is 0 Å². The highest BCUT2D eigenvalue weighted by Gasteiger charge is 2.12. The molecule has 94 valence electrons. The summed E-state index contributed by atoms with van der Waals surface area (Å²) in [5, 5.41) is 0. The van der Waals surface area contributed by atoms with Crippen LogP contribution in [0, 0.1) is 20.8 Å². The van der Waals surface area contributed by atoms with E-state index in [4.69, 9.17) is 0 Å². The van der Waals surface area contributed by atoms with Gasteiger partial charge in [0.15, 0.2) is 0 Å². The predicted molar refractivity (Wildman–Crippen MR) is 82.5 cm³/mol. The molecule has 2 aromatic rings. The van der Waals surface area contributed by atoms with Gasteiger partial charge < -0.3 is 0 Å². The van der Waals surface area contributed by atoms with Crippen molar-refractivity contribution in [3.05, 3.63) is 70.3 Å². The van der Waals surface area contributed by atoms with Crippen LogP contribution in [-0.2, 0) is 6.42 Å². The van der Waals surface area contributed by atoms with Crippen LogP contribution < -0.4 is 0 Å². The highest BCUT2D eigenvalue weighted by molar-refractivity contribution is 9.09. The summed E-state index contributed by atoms with van der Waals surface area (Å²) >= 11 is 3.84. The molecule has 0 aliphatic carbocycles. The maximum absolute atomic E-state index is 3.84. The molecule has 0 nitrogen and oxygen atoms in total. The van der Waals surface area contributed by atoms with E-state index in [-0.39, 0.29) is 0 Å². The van der Waals surface area contributed by atoms with Crippen LogP contribution in [-0.4, -0.2) is 0 Å². The topological polar surface area (TPSA) is 0 Å². The Morgan fingerprint density at radius 2 is 1.56 bits per heavy atom. The Morgan fingerprint density at radius 3 is 2.28 bits per heavy atom. The van der Waals surface area contributed by atoms with Crippen molar-refractivity contribution in [2.45, 2.75) is 32.0 Å². The van der Waals surface area contributed by atoms with Crippen molar-refractivity contribution >= 4 is 15.9 Å². The van der Waals surface area contributed by atoms with Gasteiger partial charge in [-0.3, -0.25) is 0 Å². The molecule has 0 saturated heterocycles. The molecule has 18 heavy (non-hydrogen) atoms. The van der Waals surface area contributed by atoms with Crippen LogP contribution in [0.3, 0.4) is 0 Å². The number of benzene rings is 2. The van der Waals surface area contributed by atoms with Gasteiger partial charge in [-0.05, 0) is 55.0 Å². The summed E-state index contributed by atoms with van der Waals surface area (Å²) in [4.78, 5) is 0.387. The van der Waals surface area contributed by atoms with E-state index in [1.807, 2.05) is 0 Å². The Balaban J connectivity index is 2.25. The summed E-state index contributed by atoms with van der Waals surface area (Å²) in [7, 11) is 0. The number of aryl methyl sites for hydroxylation is 2. The van der Waals surface area contributed by atoms with Gasteiger partial charge in [-0.25, -0.2) is 0 Å². The lowest BCUT2D eigenvalue weighted by Gasteiger charge is -2.16. The fraction of sp³-hybridized carbons (Fsp3) is 0.294. The van der Waals surface area contributed by atoms with Crippen LogP contribution in [0.25, 0.3) is 0 Å². The van der Waals surface area contributed by atoms with Crippen LogP contribution >= 0.6 is 15.9 Å². The van der Waals surface area contributed by atoms with Gasteiger partial charge in [0, 0.05) is 4.83 Å². The molecule has 0 aliphatic heterocycles. The average molecular weight is 303 g/mol. The third-order valence-electron chi connectivity index (χ3n) is 3.64. The summed E-state index contributed by atoms with van der Waals surface area (Å²) in [5.41, 5.74) is 6.94. The van der Waals surface area contributed by atoms with Crippen molar-refractivity contribution in [1.29, 1.82) is 0 Å². The largest absolute Gasteiger partial charge is 0.0835 e. The summed E-state index contributed by atoms with van der Waals surface area (Å²) in [6.45, 7) is 6.56. The van der Waals surface area contributed by atoms with E-state index < -0.39 is 0 Å². The van der Waals surface area contributed by atoms with Crippen LogP contribution in [0.15, 0.2) is 42.5 Å². The standard InChI is InChI=1S/C17H19Br/c1-12-8-6-10-16(14(12)3)17(18)11-15-9-5-4-7-13(15)2/h4-10,17H,11H2,1-3H3. The van der Waals surface area contributed by atoms with Gasteiger partial charge in [0.1, 0.15) is 0 Å². The third kappa shape index (κ3) is 2.84. The molecular formula is C17H19Br. The molecular weight excluding hydrogens is 284 g/mol. The average Bonchev–Trinajstić information content (AvgIpc) is 2.35. The zero-order valence-electron chi connectivity index (χ0n) is 11.2. The number of hydrogen-bond donors (Lipinski definition) is 0. The second kappa shape index (κ2) is 5.71. The highest BCUT2D eigenvalue weighted by Crippen LogP contribution is 2.31. The number of alkyl halides is 1. The Labute approximate surface area is 118 Å². The normalized spacial score (nSPS) is 12.4. The maximum atomic E-state index is 3.84. The van der Waals surface area contributed by atoms with Crippen LogP contribution in [0.1, 0.15) is 32.6 Å². The molecule has 0 radical (unpaired) electrons. The van der Waals surface area contributed by atoms with E-state index in [1.54, 1.807) is 0 Å². The lowest BCUT2D eigenvalue weighted by molar-refractivity contribution is 0.925. The molecule has 0 amide bonds. The summed E-state index contributed by atoms with van der Waals surface area (Å²) in [5.74, 6) is 0. The first-order valence-electron chi connectivity index (χ1n) is 6.34. The smallest absolute Gasteiger partial charge is 0.0438 e. The molecule has 0 saturated carbocycles. The van der Waals surface area contributed by atoms with E-state index in [2.05, 4.69) is 79.2 Å². The van der Waals surface area contributed by atoms with Gasteiger partial charge in [0.2, 0.25) is 0 Å².